The normalized spacial score (nSPS) is 13.4. The van der Waals surface area contributed by atoms with Crippen LogP contribution in [-0.2, 0) is 12.8 Å². The summed E-state index contributed by atoms with van der Waals surface area (Å²) in [6, 6.07) is 21.2. The largest absolute Gasteiger partial charge is 0.369 e. The lowest BCUT2D eigenvalue weighted by atomic mass is 10.1. The lowest BCUT2D eigenvalue weighted by Gasteiger charge is -2.37. The van der Waals surface area contributed by atoms with E-state index in [9.17, 15) is 0 Å². The Kier molecular flexibility index (Phi) is 8.03. The topological polar surface area (TPSA) is 108 Å². The van der Waals surface area contributed by atoms with Gasteiger partial charge in [0.15, 0.2) is 0 Å². The van der Waals surface area contributed by atoms with E-state index in [2.05, 4.69) is 86.7 Å². The van der Waals surface area contributed by atoms with Gasteiger partial charge in [-0.3, -0.25) is 9.97 Å². The fourth-order valence-electron chi connectivity index (χ4n) is 5.74. The number of hydrogen-bond acceptors (Lipinski definition) is 10. The van der Waals surface area contributed by atoms with Crippen LogP contribution in [-0.4, -0.2) is 69.2 Å². The molecule has 0 radical (unpaired) electrons. The molecular weight excluding hydrogens is 548 g/mol. The van der Waals surface area contributed by atoms with Crippen molar-refractivity contribution < 1.29 is 0 Å². The highest BCUT2D eigenvalue weighted by Gasteiger charge is 2.19. The van der Waals surface area contributed by atoms with Crippen LogP contribution in [0.1, 0.15) is 11.1 Å². The van der Waals surface area contributed by atoms with Crippen LogP contribution < -0.4 is 20.4 Å². The number of aromatic nitrogens is 6. The quantitative estimate of drug-likeness (QED) is 0.229. The van der Waals surface area contributed by atoms with Gasteiger partial charge in [-0.15, -0.1) is 0 Å². The summed E-state index contributed by atoms with van der Waals surface area (Å²) in [6.07, 6.45) is 12.4. The molecule has 1 fully saturated rings. The lowest BCUT2D eigenvalue weighted by molar-refractivity contribution is 0.654. The lowest BCUT2D eigenvalue weighted by Crippen LogP contribution is -2.46. The number of rotatable bonds is 10. The first-order chi connectivity index (χ1) is 21.8. The summed E-state index contributed by atoms with van der Waals surface area (Å²) in [7, 11) is 0. The highest BCUT2D eigenvalue weighted by molar-refractivity contribution is 5.92. The predicted molar refractivity (Wildman–Crippen MR) is 176 cm³/mol. The van der Waals surface area contributed by atoms with Crippen molar-refractivity contribution >= 4 is 44.8 Å². The molecule has 0 saturated carbocycles. The number of piperazine rings is 1. The number of pyridine rings is 2. The SMILES string of the molecule is c1cc(CCNc2ncnc3cc(N4CCN(c5ccc6c(NCCc7ccncc7)ncnc6c5)CC4)ccc23)ccn1. The first-order valence-corrected chi connectivity index (χ1v) is 15.1. The van der Waals surface area contributed by atoms with Crippen molar-refractivity contribution in [3.63, 3.8) is 0 Å². The van der Waals surface area contributed by atoms with Crippen LogP contribution in [0.2, 0.25) is 0 Å². The molecule has 7 rings (SSSR count). The van der Waals surface area contributed by atoms with Gasteiger partial charge in [-0.1, -0.05) is 0 Å². The second-order valence-electron chi connectivity index (χ2n) is 10.9. The van der Waals surface area contributed by atoms with E-state index in [1.165, 1.54) is 22.5 Å². The minimum absolute atomic E-state index is 0.796. The van der Waals surface area contributed by atoms with Crippen LogP contribution in [0.25, 0.3) is 21.8 Å². The first kappa shape index (κ1) is 27.5. The zero-order chi connectivity index (χ0) is 29.6. The summed E-state index contributed by atoms with van der Waals surface area (Å²) >= 11 is 0. The monoisotopic (exact) mass is 582 g/mol. The number of hydrogen-bond donors (Lipinski definition) is 2. The zero-order valence-electron chi connectivity index (χ0n) is 24.5. The Balaban J connectivity index is 0.973. The first-order valence-electron chi connectivity index (χ1n) is 15.1. The van der Waals surface area contributed by atoms with Gasteiger partial charge in [0.25, 0.3) is 0 Å². The number of nitrogens with one attached hydrogen (secondary N) is 2. The summed E-state index contributed by atoms with van der Waals surface area (Å²) in [6.45, 7) is 5.30. The second kappa shape index (κ2) is 12.9. The van der Waals surface area contributed by atoms with E-state index in [0.29, 0.717) is 0 Å². The van der Waals surface area contributed by atoms with Crippen molar-refractivity contribution in [2.45, 2.75) is 12.8 Å². The number of benzene rings is 2. The highest BCUT2D eigenvalue weighted by Crippen LogP contribution is 2.28. The molecule has 4 aromatic heterocycles. The van der Waals surface area contributed by atoms with E-state index in [0.717, 1.165) is 85.6 Å². The smallest absolute Gasteiger partial charge is 0.137 e. The fraction of sp³-hybridized carbons (Fsp3) is 0.235. The summed E-state index contributed by atoms with van der Waals surface area (Å²) in [5.41, 5.74) is 6.77. The van der Waals surface area contributed by atoms with Gasteiger partial charge >= 0.3 is 0 Å². The molecule has 1 saturated heterocycles. The highest BCUT2D eigenvalue weighted by atomic mass is 15.3. The van der Waals surface area contributed by atoms with Gasteiger partial charge in [0, 0.05) is 86.2 Å². The molecule has 44 heavy (non-hydrogen) atoms. The van der Waals surface area contributed by atoms with E-state index in [1.807, 2.05) is 49.1 Å². The van der Waals surface area contributed by atoms with E-state index in [4.69, 9.17) is 0 Å². The van der Waals surface area contributed by atoms with E-state index in [-0.39, 0.29) is 0 Å². The molecule has 0 bridgehead atoms. The molecule has 10 heteroatoms. The summed E-state index contributed by atoms with van der Waals surface area (Å²) in [5.74, 6) is 1.74. The molecule has 2 N–H and O–H groups in total. The molecule has 0 spiro atoms. The molecule has 1 aliphatic heterocycles. The van der Waals surface area contributed by atoms with Crippen molar-refractivity contribution in [3.8, 4) is 0 Å². The van der Waals surface area contributed by atoms with Crippen molar-refractivity contribution in [1.82, 2.24) is 29.9 Å². The molecule has 0 aliphatic carbocycles. The Hall–Kier alpha value is -5.38. The standard InChI is InChI=1S/C34H34N10/c1-3-29-31(39-23-41-33(29)37-15-9-25-5-11-35-12-6-25)21-27(1)43-17-19-44(20-18-43)28-2-4-30-32(22-28)40-24-42-34(30)38-16-10-26-7-13-36-14-8-26/h1-8,11-14,21-24H,9-10,15-20H2,(H,37,39,41)(H,38,40,42). The molecule has 10 nitrogen and oxygen atoms in total. The molecule has 0 amide bonds. The van der Waals surface area contributed by atoms with Crippen LogP contribution in [0, 0.1) is 0 Å². The Morgan fingerprint density at radius 1 is 0.523 bits per heavy atom. The Labute approximate surface area is 256 Å². The maximum atomic E-state index is 4.58. The van der Waals surface area contributed by atoms with Gasteiger partial charge in [0.2, 0.25) is 0 Å². The third-order valence-corrected chi connectivity index (χ3v) is 8.16. The average Bonchev–Trinajstić information content (AvgIpc) is 3.09. The van der Waals surface area contributed by atoms with E-state index < -0.39 is 0 Å². The zero-order valence-corrected chi connectivity index (χ0v) is 24.5. The molecule has 6 aromatic rings. The van der Waals surface area contributed by atoms with Gasteiger partial charge in [-0.2, -0.15) is 0 Å². The van der Waals surface area contributed by atoms with E-state index >= 15 is 0 Å². The van der Waals surface area contributed by atoms with Crippen LogP contribution in [0.5, 0.6) is 0 Å². The van der Waals surface area contributed by atoms with Crippen molar-refractivity contribution in [3.05, 3.63) is 109 Å². The third kappa shape index (κ3) is 6.19. The van der Waals surface area contributed by atoms with Crippen molar-refractivity contribution in [2.75, 3.05) is 59.7 Å². The summed E-state index contributed by atoms with van der Waals surface area (Å²) in [4.78, 5) is 31.2. The Bertz CT molecular complexity index is 1700. The maximum absolute atomic E-state index is 4.58. The van der Waals surface area contributed by atoms with Crippen LogP contribution in [0.4, 0.5) is 23.0 Å². The Morgan fingerprint density at radius 2 is 0.955 bits per heavy atom. The number of nitrogens with zero attached hydrogens (tertiary/aromatic N) is 8. The molecule has 1 aliphatic rings. The average molecular weight is 583 g/mol. The minimum Gasteiger partial charge on any atom is -0.369 e. The molecule has 5 heterocycles. The number of fused-ring (bicyclic) bond motifs is 2. The maximum Gasteiger partial charge on any atom is 0.137 e. The third-order valence-electron chi connectivity index (χ3n) is 8.16. The van der Waals surface area contributed by atoms with Crippen molar-refractivity contribution in [2.24, 2.45) is 0 Å². The molecule has 0 atom stereocenters. The van der Waals surface area contributed by atoms with Gasteiger partial charge in [0.05, 0.1) is 11.0 Å². The fourth-order valence-corrected chi connectivity index (χ4v) is 5.74. The summed E-state index contributed by atoms with van der Waals surface area (Å²) < 4.78 is 0. The molecule has 0 unspecified atom stereocenters. The predicted octanol–water partition coefficient (Wildman–Crippen LogP) is 5.00. The van der Waals surface area contributed by atoms with Crippen molar-refractivity contribution in [1.29, 1.82) is 0 Å². The number of anilines is 4. The Morgan fingerprint density at radius 3 is 1.39 bits per heavy atom. The van der Waals surface area contributed by atoms with Gasteiger partial charge in [-0.05, 0) is 84.6 Å². The van der Waals surface area contributed by atoms with Gasteiger partial charge in [-0.25, -0.2) is 19.9 Å². The summed E-state index contributed by atoms with van der Waals surface area (Å²) in [5, 5.41) is 9.04. The van der Waals surface area contributed by atoms with Gasteiger partial charge in [0.1, 0.15) is 24.3 Å². The second-order valence-corrected chi connectivity index (χ2v) is 10.9. The van der Waals surface area contributed by atoms with Gasteiger partial charge < -0.3 is 20.4 Å². The molecule has 220 valence electrons. The van der Waals surface area contributed by atoms with Crippen LogP contribution >= 0.6 is 0 Å². The van der Waals surface area contributed by atoms with Crippen LogP contribution in [0.15, 0.2) is 98.1 Å². The van der Waals surface area contributed by atoms with E-state index in [1.54, 1.807) is 12.7 Å². The minimum atomic E-state index is 0.796. The molecule has 2 aromatic carbocycles. The molecular formula is C34H34N10. The van der Waals surface area contributed by atoms with Crippen LogP contribution in [0.3, 0.4) is 0 Å².